The van der Waals surface area contributed by atoms with Crippen LogP contribution in [0.2, 0.25) is 0 Å². The highest BCUT2D eigenvalue weighted by Crippen LogP contribution is 2.14. The van der Waals surface area contributed by atoms with Gasteiger partial charge in [0, 0.05) is 0 Å². The van der Waals surface area contributed by atoms with Crippen LogP contribution in [-0.2, 0) is 9.84 Å². The van der Waals surface area contributed by atoms with Gasteiger partial charge < -0.3 is 0 Å². The van der Waals surface area contributed by atoms with Crippen LogP contribution in [0.5, 0.6) is 0 Å². The lowest BCUT2D eigenvalue weighted by Gasteiger charge is -2.17. The van der Waals surface area contributed by atoms with Gasteiger partial charge in [-0.05, 0) is 18.8 Å². The third-order valence-corrected chi connectivity index (χ3v) is 4.88. The van der Waals surface area contributed by atoms with Gasteiger partial charge in [0.05, 0.1) is 11.0 Å². The van der Waals surface area contributed by atoms with Crippen molar-refractivity contribution in [1.29, 1.82) is 0 Å². The molecule has 0 aromatic carbocycles. The van der Waals surface area contributed by atoms with Gasteiger partial charge in [0.2, 0.25) is 0 Å². The molecule has 0 radical (unpaired) electrons. The zero-order chi connectivity index (χ0) is 9.94. The summed E-state index contributed by atoms with van der Waals surface area (Å²) in [5.41, 5.74) is 0. The Kier molecular flexibility index (Phi) is 4.24. The van der Waals surface area contributed by atoms with Crippen molar-refractivity contribution in [2.24, 2.45) is 11.8 Å². The summed E-state index contributed by atoms with van der Waals surface area (Å²) in [4.78, 5) is 0. The van der Waals surface area contributed by atoms with E-state index in [1.165, 1.54) is 0 Å². The van der Waals surface area contributed by atoms with E-state index < -0.39 is 9.84 Å². The van der Waals surface area contributed by atoms with Crippen molar-refractivity contribution < 1.29 is 8.42 Å². The van der Waals surface area contributed by atoms with Crippen molar-refractivity contribution in [3.05, 3.63) is 0 Å². The Balaban J connectivity index is 4.41. The van der Waals surface area contributed by atoms with Gasteiger partial charge >= 0.3 is 0 Å². The van der Waals surface area contributed by atoms with Crippen LogP contribution in [0.25, 0.3) is 0 Å². The molecule has 0 aromatic heterocycles. The van der Waals surface area contributed by atoms with Crippen LogP contribution < -0.4 is 0 Å². The zero-order valence-corrected chi connectivity index (χ0v) is 9.48. The maximum Gasteiger partial charge on any atom is 0.153 e. The van der Waals surface area contributed by atoms with Crippen molar-refractivity contribution in [3.63, 3.8) is 0 Å². The second-order valence-electron chi connectivity index (χ2n) is 4.17. The summed E-state index contributed by atoms with van der Waals surface area (Å²) in [7, 11) is -2.86. The largest absolute Gasteiger partial charge is 0.229 e. The number of hydrogen-bond acceptors (Lipinski definition) is 2. The number of rotatable bonds is 4. The minimum atomic E-state index is -2.86. The van der Waals surface area contributed by atoms with E-state index in [2.05, 4.69) is 0 Å². The molecule has 0 heterocycles. The van der Waals surface area contributed by atoms with Crippen LogP contribution in [0.1, 0.15) is 34.6 Å². The maximum absolute atomic E-state index is 11.6. The quantitative estimate of drug-likeness (QED) is 0.683. The molecule has 3 heteroatoms. The van der Waals surface area contributed by atoms with Crippen molar-refractivity contribution >= 4 is 9.84 Å². The lowest BCUT2D eigenvalue weighted by atomic mass is 10.2. The molecular formula is C9H20O2S. The highest BCUT2D eigenvalue weighted by atomic mass is 32.2. The fraction of sp³-hybridized carbons (Fsp3) is 1.00. The second-order valence-corrected chi connectivity index (χ2v) is 6.58. The van der Waals surface area contributed by atoms with Gasteiger partial charge in [-0.2, -0.15) is 0 Å². The summed E-state index contributed by atoms with van der Waals surface area (Å²) in [6, 6.07) is 0. The standard InChI is InChI=1S/C9H20O2S/c1-7(2)6-12(10,11)9(5)8(3)4/h7-9H,6H2,1-5H3. The molecule has 0 saturated heterocycles. The van der Waals surface area contributed by atoms with Crippen molar-refractivity contribution in [2.45, 2.75) is 39.9 Å². The fourth-order valence-corrected chi connectivity index (χ4v) is 3.09. The molecule has 0 bridgehead atoms. The molecule has 0 aliphatic heterocycles. The SMILES string of the molecule is CC(C)CS(=O)(=O)C(C)C(C)C. The number of hydrogen-bond donors (Lipinski definition) is 0. The molecule has 2 nitrogen and oxygen atoms in total. The van der Waals surface area contributed by atoms with E-state index in [1.54, 1.807) is 6.92 Å². The highest BCUT2D eigenvalue weighted by molar-refractivity contribution is 7.92. The molecule has 12 heavy (non-hydrogen) atoms. The first-order valence-corrected chi connectivity index (χ1v) is 6.20. The van der Waals surface area contributed by atoms with Crippen molar-refractivity contribution in [1.82, 2.24) is 0 Å². The van der Waals surface area contributed by atoms with Gasteiger partial charge in [0.15, 0.2) is 9.84 Å². The molecule has 0 N–H and O–H groups in total. The molecule has 1 unspecified atom stereocenters. The topological polar surface area (TPSA) is 34.1 Å². The molecule has 0 rings (SSSR count). The van der Waals surface area contributed by atoms with Crippen LogP contribution in [0.4, 0.5) is 0 Å². The predicted molar refractivity (Wildman–Crippen MR) is 52.9 cm³/mol. The van der Waals surface area contributed by atoms with Crippen molar-refractivity contribution in [3.8, 4) is 0 Å². The van der Waals surface area contributed by atoms with E-state index in [-0.39, 0.29) is 17.1 Å². The van der Waals surface area contributed by atoms with Crippen LogP contribution >= 0.6 is 0 Å². The predicted octanol–water partition coefficient (Wildman–Crippen LogP) is 2.10. The first-order valence-electron chi connectivity index (χ1n) is 4.49. The Morgan fingerprint density at radius 2 is 1.42 bits per heavy atom. The van der Waals surface area contributed by atoms with E-state index in [4.69, 9.17) is 0 Å². The van der Waals surface area contributed by atoms with Gasteiger partial charge in [-0.25, -0.2) is 8.42 Å². The minimum absolute atomic E-state index is 0.208. The number of sulfone groups is 1. The summed E-state index contributed by atoms with van der Waals surface area (Å²) in [6.45, 7) is 9.56. The Morgan fingerprint density at radius 1 is 1.00 bits per heavy atom. The molecule has 74 valence electrons. The van der Waals surface area contributed by atoms with Gasteiger partial charge in [-0.15, -0.1) is 0 Å². The van der Waals surface area contributed by atoms with Crippen molar-refractivity contribution in [2.75, 3.05) is 5.75 Å². The van der Waals surface area contributed by atoms with Crippen LogP contribution in [0, 0.1) is 11.8 Å². The molecule has 0 fully saturated rings. The average molecular weight is 192 g/mol. The van der Waals surface area contributed by atoms with E-state index in [0.717, 1.165) is 0 Å². The van der Waals surface area contributed by atoms with Gasteiger partial charge in [-0.3, -0.25) is 0 Å². The lowest BCUT2D eigenvalue weighted by molar-refractivity contribution is 0.536. The Bertz CT molecular complexity index is 215. The second kappa shape index (κ2) is 4.26. The molecule has 0 aliphatic rings. The lowest BCUT2D eigenvalue weighted by Crippen LogP contribution is -2.27. The van der Waals surface area contributed by atoms with Crippen LogP contribution in [0.3, 0.4) is 0 Å². The highest BCUT2D eigenvalue weighted by Gasteiger charge is 2.24. The van der Waals surface area contributed by atoms with Crippen LogP contribution in [0.15, 0.2) is 0 Å². The molecule has 0 saturated carbocycles. The molecule has 0 aliphatic carbocycles. The molecule has 1 atom stereocenters. The molecule has 0 aromatic rings. The first kappa shape index (κ1) is 11.9. The Hall–Kier alpha value is -0.0500. The molecule has 0 amide bonds. The van der Waals surface area contributed by atoms with E-state index in [1.807, 2.05) is 27.7 Å². The summed E-state index contributed by atoms with van der Waals surface area (Å²) in [6.07, 6.45) is 0. The third kappa shape index (κ3) is 3.57. The third-order valence-electron chi connectivity index (χ3n) is 2.07. The summed E-state index contributed by atoms with van der Waals surface area (Å²) >= 11 is 0. The van der Waals surface area contributed by atoms with E-state index >= 15 is 0 Å². The summed E-state index contributed by atoms with van der Waals surface area (Å²) < 4.78 is 23.2. The normalized spacial score (nSPS) is 15.6. The Morgan fingerprint density at radius 3 is 1.67 bits per heavy atom. The average Bonchev–Trinajstić information content (AvgIpc) is 1.82. The summed E-state index contributed by atoms with van der Waals surface area (Å²) in [5, 5.41) is -0.208. The van der Waals surface area contributed by atoms with Gasteiger partial charge in [0.1, 0.15) is 0 Å². The van der Waals surface area contributed by atoms with Crippen LogP contribution in [-0.4, -0.2) is 19.4 Å². The van der Waals surface area contributed by atoms with E-state index in [0.29, 0.717) is 5.75 Å². The Labute approximate surface area is 76.3 Å². The molecule has 0 spiro atoms. The van der Waals surface area contributed by atoms with Gasteiger partial charge in [0.25, 0.3) is 0 Å². The monoisotopic (exact) mass is 192 g/mol. The smallest absolute Gasteiger partial charge is 0.153 e. The fourth-order valence-electron chi connectivity index (χ4n) is 1.03. The summed E-state index contributed by atoms with van der Waals surface area (Å²) in [5.74, 6) is 0.761. The molecular weight excluding hydrogens is 172 g/mol. The first-order chi connectivity index (χ1) is 5.27. The minimum Gasteiger partial charge on any atom is -0.229 e. The zero-order valence-electron chi connectivity index (χ0n) is 8.66. The van der Waals surface area contributed by atoms with E-state index in [9.17, 15) is 8.42 Å². The maximum atomic E-state index is 11.6. The van der Waals surface area contributed by atoms with Gasteiger partial charge in [-0.1, -0.05) is 27.7 Å².